The predicted octanol–water partition coefficient (Wildman–Crippen LogP) is -2.51. The number of benzene rings is 1. The summed E-state index contributed by atoms with van der Waals surface area (Å²) < 4.78 is 24.1. The van der Waals surface area contributed by atoms with E-state index in [0.717, 1.165) is 0 Å². The Morgan fingerprint density at radius 1 is 1.38 bits per heavy atom. The van der Waals surface area contributed by atoms with E-state index < -0.39 is 17.7 Å². The van der Waals surface area contributed by atoms with Crippen molar-refractivity contribution < 1.29 is 47.6 Å². The van der Waals surface area contributed by atoms with E-state index in [1.54, 1.807) is 30.3 Å². The first kappa shape index (κ1) is 13.2. The molecule has 0 saturated carbocycles. The second-order valence-corrected chi connectivity index (χ2v) is 2.66. The van der Waals surface area contributed by atoms with E-state index in [0.29, 0.717) is 5.56 Å². The van der Waals surface area contributed by atoms with Gasteiger partial charge in [-0.25, -0.2) is 4.21 Å². The summed E-state index contributed by atoms with van der Waals surface area (Å²) in [5.41, 5.74) is 0.404. The molecule has 0 aliphatic rings. The van der Waals surface area contributed by atoms with Gasteiger partial charge in [0.15, 0.2) is 6.29 Å². The molecule has 0 bridgehead atoms. The zero-order valence-electron chi connectivity index (χ0n) is 7.04. The molecule has 1 aromatic carbocycles. The van der Waals surface area contributed by atoms with Crippen molar-refractivity contribution in [2.24, 2.45) is 0 Å². The molecule has 13 heavy (non-hydrogen) atoms. The predicted molar refractivity (Wildman–Crippen MR) is 41.4 cm³/mol. The van der Waals surface area contributed by atoms with E-state index in [1.165, 1.54) is 0 Å². The molecule has 0 heterocycles. The minimum atomic E-state index is -2.70. The smallest absolute Gasteiger partial charge is 0.750 e. The van der Waals surface area contributed by atoms with Crippen molar-refractivity contribution in [2.75, 3.05) is 0 Å². The van der Waals surface area contributed by atoms with Crippen molar-refractivity contribution in [2.45, 2.75) is 6.29 Å². The summed E-state index contributed by atoms with van der Waals surface area (Å²) in [5.74, 6) is 0. The number of aliphatic hydroxyl groups excluding tert-OH is 1. The molecule has 66 valence electrons. The van der Waals surface area contributed by atoms with Crippen molar-refractivity contribution in [3.05, 3.63) is 35.9 Å². The normalized spacial score (nSPS) is 14.3. The van der Waals surface area contributed by atoms with Crippen molar-refractivity contribution in [3.63, 3.8) is 0 Å². The molecule has 0 fully saturated rings. The van der Waals surface area contributed by atoms with Crippen molar-refractivity contribution in [3.8, 4) is 0 Å². The van der Waals surface area contributed by atoms with Gasteiger partial charge < -0.3 is 9.66 Å². The van der Waals surface area contributed by atoms with E-state index in [1.807, 2.05) is 0 Å². The Morgan fingerprint density at radius 2 is 1.92 bits per heavy atom. The maximum absolute atomic E-state index is 10.0. The van der Waals surface area contributed by atoms with Crippen LogP contribution in [0.4, 0.5) is 0 Å². The molecule has 0 aromatic heterocycles. The van der Waals surface area contributed by atoms with Gasteiger partial charge in [0, 0.05) is 5.56 Å². The number of hydrogen-bond acceptors (Lipinski definition) is 4. The van der Waals surface area contributed by atoms with Crippen LogP contribution >= 0.6 is 0 Å². The van der Waals surface area contributed by atoms with Crippen LogP contribution in [-0.2, 0) is 15.5 Å². The summed E-state index contributed by atoms with van der Waals surface area (Å²) in [5, 5.41) is 9.08. The maximum Gasteiger partial charge on any atom is 1.00 e. The molecule has 0 spiro atoms. The molecule has 2 unspecified atom stereocenters. The third-order valence-corrected chi connectivity index (χ3v) is 1.59. The number of aliphatic hydroxyl groups is 1. The van der Waals surface area contributed by atoms with Crippen LogP contribution in [0.15, 0.2) is 30.3 Å². The van der Waals surface area contributed by atoms with Crippen LogP contribution in [0.5, 0.6) is 0 Å². The molecule has 1 rings (SSSR count). The first-order chi connectivity index (χ1) is 5.70. The summed E-state index contributed by atoms with van der Waals surface area (Å²) >= 11 is -2.70. The Hall–Kier alpha value is 0.250. The Balaban J connectivity index is 0.00000144. The van der Waals surface area contributed by atoms with E-state index >= 15 is 0 Å². The SMILES string of the molecule is O=S([O-])OC(O)c1ccccc1.[Na+]. The minimum absolute atomic E-state index is 0. The van der Waals surface area contributed by atoms with Gasteiger partial charge in [-0.2, -0.15) is 0 Å². The van der Waals surface area contributed by atoms with Gasteiger partial charge in [-0.15, -0.1) is 0 Å². The van der Waals surface area contributed by atoms with Crippen molar-refractivity contribution >= 4 is 11.4 Å². The van der Waals surface area contributed by atoms with Crippen LogP contribution in [0.3, 0.4) is 0 Å². The Kier molecular flexibility index (Phi) is 6.79. The average Bonchev–Trinajstić information content (AvgIpc) is 2.05. The quantitative estimate of drug-likeness (QED) is 0.340. The van der Waals surface area contributed by atoms with Gasteiger partial charge in [0.25, 0.3) is 0 Å². The molecule has 0 aliphatic carbocycles. The molecule has 0 aliphatic heterocycles. The van der Waals surface area contributed by atoms with Crippen LogP contribution < -0.4 is 29.6 Å². The van der Waals surface area contributed by atoms with E-state index in [4.69, 9.17) is 5.11 Å². The van der Waals surface area contributed by atoms with E-state index in [9.17, 15) is 8.76 Å². The molecule has 1 N–H and O–H groups in total. The van der Waals surface area contributed by atoms with Crippen LogP contribution in [-0.4, -0.2) is 13.9 Å². The molecule has 6 heteroatoms. The summed E-state index contributed by atoms with van der Waals surface area (Å²) in [6.45, 7) is 0. The van der Waals surface area contributed by atoms with Crippen LogP contribution in [0.1, 0.15) is 11.9 Å². The molecular weight excluding hydrogens is 203 g/mol. The average molecular weight is 210 g/mol. The third-order valence-electron chi connectivity index (χ3n) is 1.25. The Labute approximate surface area is 101 Å². The first-order valence-electron chi connectivity index (χ1n) is 3.19. The summed E-state index contributed by atoms with van der Waals surface area (Å²) in [6, 6.07) is 8.24. The zero-order valence-corrected chi connectivity index (χ0v) is 9.86. The monoisotopic (exact) mass is 210 g/mol. The fraction of sp³-hybridized carbons (Fsp3) is 0.143. The molecule has 0 amide bonds. The second kappa shape index (κ2) is 6.67. The molecular formula is C7H7NaO4S. The summed E-state index contributed by atoms with van der Waals surface area (Å²) in [4.78, 5) is 0. The van der Waals surface area contributed by atoms with Crippen molar-refractivity contribution in [1.82, 2.24) is 0 Å². The molecule has 0 radical (unpaired) electrons. The third kappa shape index (κ3) is 4.87. The molecule has 4 nitrogen and oxygen atoms in total. The fourth-order valence-corrected chi connectivity index (χ4v) is 1.01. The minimum Gasteiger partial charge on any atom is -0.750 e. The van der Waals surface area contributed by atoms with Crippen molar-refractivity contribution in [1.29, 1.82) is 0 Å². The molecule has 1 aromatic rings. The Bertz CT molecular complexity index is 266. The molecule has 2 atom stereocenters. The van der Waals surface area contributed by atoms with Gasteiger partial charge in [-0.1, -0.05) is 30.3 Å². The number of rotatable bonds is 3. The van der Waals surface area contributed by atoms with E-state index in [-0.39, 0.29) is 29.6 Å². The van der Waals surface area contributed by atoms with Gasteiger partial charge in [0.2, 0.25) is 0 Å². The van der Waals surface area contributed by atoms with Crippen LogP contribution in [0.25, 0.3) is 0 Å². The van der Waals surface area contributed by atoms with Gasteiger partial charge in [-0.3, -0.25) is 4.18 Å². The number of hydrogen-bond donors (Lipinski definition) is 1. The standard InChI is InChI=1S/C7H8O4S.Na/c8-7(11-12(9)10)6-4-2-1-3-5-6;/h1-5,7-8H,(H,9,10);/q;+1/p-1. The Morgan fingerprint density at radius 3 is 2.38 bits per heavy atom. The van der Waals surface area contributed by atoms with Gasteiger partial charge >= 0.3 is 29.6 Å². The van der Waals surface area contributed by atoms with Crippen LogP contribution in [0, 0.1) is 0 Å². The van der Waals surface area contributed by atoms with Gasteiger partial charge in [0.1, 0.15) is 0 Å². The zero-order chi connectivity index (χ0) is 8.97. The van der Waals surface area contributed by atoms with Gasteiger partial charge in [-0.05, 0) is 0 Å². The largest absolute Gasteiger partial charge is 1.00 e. The van der Waals surface area contributed by atoms with Crippen LogP contribution in [0.2, 0.25) is 0 Å². The summed E-state index contributed by atoms with van der Waals surface area (Å²) in [6.07, 6.45) is -1.41. The molecule has 0 saturated heterocycles. The fourth-order valence-electron chi connectivity index (χ4n) is 0.748. The van der Waals surface area contributed by atoms with Gasteiger partial charge in [0.05, 0.1) is 11.4 Å². The first-order valence-corrected chi connectivity index (χ1v) is 4.19. The topological polar surface area (TPSA) is 69.6 Å². The maximum atomic E-state index is 10.0. The second-order valence-electron chi connectivity index (χ2n) is 2.06. The summed E-state index contributed by atoms with van der Waals surface area (Å²) in [7, 11) is 0. The van der Waals surface area contributed by atoms with E-state index in [2.05, 4.69) is 4.18 Å².